The van der Waals surface area contributed by atoms with E-state index >= 15 is 0 Å². The van der Waals surface area contributed by atoms with Crippen molar-refractivity contribution < 1.29 is 48.4 Å². The average Bonchev–Trinajstić information content (AvgIpc) is 3.81. The molecule has 0 radical (unpaired) electrons. The molecular formula is C32H39N3O10. The number of pyridine rings is 1. The first-order valence-corrected chi connectivity index (χ1v) is 14.4. The number of alkyl carbamates (subject to hydrolysis) is 1. The van der Waals surface area contributed by atoms with Crippen LogP contribution in [0.2, 0.25) is 0 Å². The number of benzene rings is 1. The summed E-state index contributed by atoms with van der Waals surface area (Å²) < 4.78 is 15.5. The Morgan fingerprint density at radius 1 is 1.09 bits per heavy atom. The number of esters is 2. The highest BCUT2D eigenvalue weighted by Gasteiger charge is 2.30. The molecule has 1 atom stereocenters. The summed E-state index contributed by atoms with van der Waals surface area (Å²) in [5, 5.41) is 25.0. The van der Waals surface area contributed by atoms with Crippen molar-refractivity contribution in [2.24, 2.45) is 11.8 Å². The van der Waals surface area contributed by atoms with E-state index in [9.17, 15) is 34.2 Å². The Morgan fingerprint density at radius 3 is 2.33 bits per heavy atom. The molecular weight excluding hydrogens is 586 g/mol. The number of carbonyl (C=O) groups excluding carboxylic acids is 4. The zero-order valence-electron chi connectivity index (χ0n) is 26.0. The fourth-order valence-corrected chi connectivity index (χ4v) is 4.23. The van der Waals surface area contributed by atoms with Gasteiger partial charge in [0.2, 0.25) is 6.79 Å². The van der Waals surface area contributed by atoms with Gasteiger partial charge in [0.05, 0.1) is 12.2 Å². The molecule has 1 aliphatic rings. The SMILES string of the molecule is C=Cc1cc(C(=O)O)c(-c2ccc(C(=O)NCC3CC3)nc2C(=O)OCOC(=O)[C@@H](NC(=O)OC(C)(C)C)C(C)C)cc1CO. The summed E-state index contributed by atoms with van der Waals surface area (Å²) in [5.41, 5.74) is -0.825. The normalized spacial score (nSPS) is 13.4. The molecule has 0 aliphatic heterocycles. The van der Waals surface area contributed by atoms with Gasteiger partial charge in [-0.25, -0.2) is 24.2 Å². The highest BCUT2D eigenvalue weighted by atomic mass is 16.7. The number of amides is 2. The van der Waals surface area contributed by atoms with Crippen molar-refractivity contribution in [3.63, 3.8) is 0 Å². The van der Waals surface area contributed by atoms with E-state index in [1.165, 1.54) is 30.3 Å². The van der Waals surface area contributed by atoms with Crippen molar-refractivity contribution in [3.05, 3.63) is 58.9 Å². The Hall–Kier alpha value is -4.78. The van der Waals surface area contributed by atoms with Crippen LogP contribution >= 0.6 is 0 Å². The quantitative estimate of drug-likeness (QED) is 0.186. The van der Waals surface area contributed by atoms with Gasteiger partial charge >= 0.3 is 24.0 Å². The van der Waals surface area contributed by atoms with E-state index in [2.05, 4.69) is 22.2 Å². The van der Waals surface area contributed by atoms with Gasteiger partial charge in [-0.1, -0.05) is 26.5 Å². The van der Waals surface area contributed by atoms with E-state index in [-0.39, 0.29) is 22.4 Å². The molecule has 4 N–H and O–H groups in total. The van der Waals surface area contributed by atoms with Crippen LogP contribution in [-0.2, 0) is 25.6 Å². The number of carboxylic acid groups (broad SMARTS) is 1. The molecule has 0 saturated heterocycles. The number of aromatic nitrogens is 1. The van der Waals surface area contributed by atoms with Crippen molar-refractivity contribution >= 4 is 36.0 Å². The van der Waals surface area contributed by atoms with Crippen LogP contribution in [0.5, 0.6) is 0 Å². The second-order valence-corrected chi connectivity index (χ2v) is 11.9. The number of rotatable bonds is 13. The number of aromatic carboxylic acids is 1. The number of aliphatic hydroxyl groups excluding tert-OH is 1. The van der Waals surface area contributed by atoms with Gasteiger partial charge in [-0.05, 0) is 86.4 Å². The summed E-state index contributed by atoms with van der Waals surface area (Å²) in [6.45, 7) is 11.1. The second-order valence-electron chi connectivity index (χ2n) is 11.9. The van der Waals surface area contributed by atoms with Gasteiger partial charge in [-0.2, -0.15) is 0 Å². The average molecular weight is 626 g/mol. The Bertz CT molecular complexity index is 1470. The zero-order valence-corrected chi connectivity index (χ0v) is 26.0. The largest absolute Gasteiger partial charge is 0.478 e. The topological polar surface area (TPSA) is 190 Å². The smallest absolute Gasteiger partial charge is 0.408 e. The van der Waals surface area contributed by atoms with Crippen molar-refractivity contribution in [2.75, 3.05) is 13.3 Å². The highest BCUT2D eigenvalue weighted by Crippen LogP contribution is 2.31. The Balaban J connectivity index is 1.90. The number of aliphatic hydroxyl groups is 1. The first-order valence-electron chi connectivity index (χ1n) is 14.4. The van der Waals surface area contributed by atoms with Crippen LogP contribution < -0.4 is 10.6 Å². The number of carbonyl (C=O) groups is 5. The molecule has 2 amide bonds. The number of carboxylic acids is 1. The lowest BCUT2D eigenvalue weighted by Gasteiger charge is -2.24. The van der Waals surface area contributed by atoms with Crippen LogP contribution in [0.1, 0.15) is 89.9 Å². The number of nitrogens with zero attached hydrogens (tertiary/aromatic N) is 1. The van der Waals surface area contributed by atoms with E-state index in [0.29, 0.717) is 23.6 Å². The lowest BCUT2D eigenvalue weighted by atomic mass is 9.92. The summed E-state index contributed by atoms with van der Waals surface area (Å²) in [4.78, 5) is 67.5. The second kappa shape index (κ2) is 14.8. The summed E-state index contributed by atoms with van der Waals surface area (Å²) in [7, 11) is 0. The van der Waals surface area contributed by atoms with Gasteiger partial charge < -0.3 is 35.1 Å². The third-order valence-corrected chi connectivity index (χ3v) is 6.74. The molecule has 45 heavy (non-hydrogen) atoms. The van der Waals surface area contributed by atoms with Crippen LogP contribution in [0.25, 0.3) is 17.2 Å². The summed E-state index contributed by atoms with van der Waals surface area (Å²) >= 11 is 0. The molecule has 0 bridgehead atoms. The fourth-order valence-electron chi connectivity index (χ4n) is 4.23. The summed E-state index contributed by atoms with van der Waals surface area (Å²) in [5.74, 6) is -3.91. The predicted octanol–water partition coefficient (Wildman–Crippen LogP) is 3.93. The third kappa shape index (κ3) is 9.60. The maximum absolute atomic E-state index is 13.4. The molecule has 1 aromatic heterocycles. The molecule has 13 heteroatoms. The van der Waals surface area contributed by atoms with Gasteiger partial charge in [-0.3, -0.25) is 4.79 Å². The number of nitrogens with one attached hydrogen (secondary N) is 2. The van der Waals surface area contributed by atoms with Crippen molar-refractivity contribution in [2.45, 2.75) is 65.7 Å². The van der Waals surface area contributed by atoms with Crippen molar-refractivity contribution in [1.82, 2.24) is 15.6 Å². The van der Waals surface area contributed by atoms with E-state index in [1.54, 1.807) is 34.6 Å². The molecule has 2 aromatic rings. The van der Waals surface area contributed by atoms with Crippen LogP contribution in [0, 0.1) is 11.8 Å². The molecule has 1 aromatic carbocycles. The number of hydrogen-bond acceptors (Lipinski definition) is 10. The molecule has 1 heterocycles. The summed E-state index contributed by atoms with van der Waals surface area (Å²) in [6, 6.07) is 4.26. The van der Waals surface area contributed by atoms with Crippen LogP contribution in [0.15, 0.2) is 30.8 Å². The van der Waals surface area contributed by atoms with E-state index in [0.717, 1.165) is 12.8 Å². The molecule has 0 unspecified atom stereocenters. The first kappa shape index (κ1) is 34.7. The van der Waals surface area contributed by atoms with Gasteiger partial charge in [0.25, 0.3) is 5.91 Å². The minimum Gasteiger partial charge on any atom is -0.478 e. The molecule has 13 nitrogen and oxygen atoms in total. The molecule has 1 fully saturated rings. The molecule has 3 rings (SSSR count). The minimum absolute atomic E-state index is 0.000527. The Morgan fingerprint density at radius 2 is 1.78 bits per heavy atom. The van der Waals surface area contributed by atoms with Gasteiger partial charge in [0, 0.05) is 12.1 Å². The molecule has 242 valence electrons. The highest BCUT2D eigenvalue weighted by molar-refractivity contribution is 6.03. The van der Waals surface area contributed by atoms with E-state index < -0.39 is 66.6 Å². The maximum Gasteiger partial charge on any atom is 0.408 e. The van der Waals surface area contributed by atoms with E-state index in [4.69, 9.17) is 14.2 Å². The predicted molar refractivity (Wildman–Crippen MR) is 162 cm³/mol. The zero-order chi connectivity index (χ0) is 33.5. The van der Waals surface area contributed by atoms with Crippen molar-refractivity contribution in [1.29, 1.82) is 0 Å². The van der Waals surface area contributed by atoms with Crippen LogP contribution in [0.3, 0.4) is 0 Å². The lowest BCUT2D eigenvalue weighted by molar-refractivity contribution is -0.156. The van der Waals surface area contributed by atoms with Crippen molar-refractivity contribution in [3.8, 4) is 11.1 Å². The molecule has 1 saturated carbocycles. The van der Waals surface area contributed by atoms with Gasteiger partial charge in [0.1, 0.15) is 17.3 Å². The molecule has 0 spiro atoms. The summed E-state index contributed by atoms with van der Waals surface area (Å²) in [6.07, 6.45) is 2.55. The molecule has 1 aliphatic carbocycles. The Kier molecular flexibility index (Phi) is 11.4. The minimum atomic E-state index is -1.32. The van der Waals surface area contributed by atoms with Gasteiger partial charge in [-0.15, -0.1) is 0 Å². The Labute approximate surface area is 261 Å². The van der Waals surface area contributed by atoms with Crippen LogP contribution in [-0.4, -0.2) is 70.1 Å². The third-order valence-electron chi connectivity index (χ3n) is 6.74. The van der Waals surface area contributed by atoms with Crippen LogP contribution in [0.4, 0.5) is 4.79 Å². The number of hydrogen-bond donors (Lipinski definition) is 4. The maximum atomic E-state index is 13.4. The standard InChI is InChI=1S/C32H39N3O10/c1-7-19-12-23(28(38)39)22(13-20(19)15-36)21-10-11-24(27(37)33-14-18-8-9-18)34-26(21)30(41)44-16-43-29(40)25(17(2)3)35-31(42)45-32(4,5)6/h7,10-13,17-18,25,36H,1,8-9,14-16H2,2-6H3,(H,33,37)(H,35,42)(H,38,39)/t25-/m0/s1. The van der Waals surface area contributed by atoms with E-state index in [1.807, 2.05) is 0 Å². The number of ether oxygens (including phenoxy) is 3. The fraction of sp³-hybridized carbons (Fsp3) is 0.438. The lowest BCUT2D eigenvalue weighted by Crippen LogP contribution is -2.47. The first-order chi connectivity index (χ1) is 21.1. The van der Waals surface area contributed by atoms with Gasteiger partial charge in [0.15, 0.2) is 5.69 Å². The monoisotopic (exact) mass is 625 g/mol.